The minimum atomic E-state index is -2.11. The molecule has 0 rings (SSSR count). The van der Waals surface area contributed by atoms with Crippen LogP contribution in [0.15, 0.2) is 0 Å². The van der Waals surface area contributed by atoms with Crippen molar-refractivity contribution in [1.29, 1.82) is 0 Å². The molecule has 140 valence electrons. The van der Waals surface area contributed by atoms with Crippen LogP contribution in [0.5, 0.6) is 0 Å². The van der Waals surface area contributed by atoms with Crippen LogP contribution in [-0.2, 0) is 11.3 Å². The van der Waals surface area contributed by atoms with Gasteiger partial charge in [0.05, 0.1) is 0 Å². The first-order valence-corrected chi connectivity index (χ1v) is 11.1. The second kappa shape index (κ2) is 18.4. The summed E-state index contributed by atoms with van der Waals surface area (Å²) in [4.78, 5) is 0. The Hall–Kier alpha value is 0.0700. The predicted molar refractivity (Wildman–Crippen MR) is 101 cm³/mol. The highest BCUT2D eigenvalue weighted by Gasteiger charge is 2.04. The molecule has 0 aliphatic rings. The summed E-state index contributed by atoms with van der Waals surface area (Å²) < 4.78 is 23.8. The first-order chi connectivity index (χ1) is 11.2. The van der Waals surface area contributed by atoms with E-state index >= 15 is 0 Å². The van der Waals surface area contributed by atoms with E-state index in [1.807, 2.05) is 6.92 Å². The van der Waals surface area contributed by atoms with Crippen molar-refractivity contribution < 1.29 is 8.76 Å². The molecule has 0 saturated carbocycles. The van der Waals surface area contributed by atoms with Gasteiger partial charge in [0.1, 0.15) is 0 Å². The molecule has 2 atom stereocenters. The maximum absolute atomic E-state index is 10.6. The summed E-state index contributed by atoms with van der Waals surface area (Å²) in [5.74, 6) is 0. The topological polar surface area (TPSA) is 52.2 Å². The molecule has 0 aromatic heterocycles. The van der Waals surface area contributed by atoms with Crippen LogP contribution in [-0.4, -0.2) is 14.8 Å². The van der Waals surface area contributed by atoms with E-state index in [1.165, 1.54) is 83.5 Å². The zero-order valence-electron chi connectivity index (χ0n) is 15.6. The first-order valence-electron chi connectivity index (χ1n) is 10.1. The molecule has 0 saturated heterocycles. The lowest BCUT2D eigenvalue weighted by Crippen LogP contribution is -2.29. The Kier molecular flexibility index (Phi) is 18.5. The summed E-state index contributed by atoms with van der Waals surface area (Å²) in [6.45, 7) is 4.31. The Labute approximate surface area is 147 Å². The molecule has 0 aliphatic carbocycles. The summed E-state index contributed by atoms with van der Waals surface area (Å²) in [7, 11) is 0. The van der Waals surface area contributed by atoms with Gasteiger partial charge >= 0.3 is 0 Å². The quantitative estimate of drug-likeness (QED) is 0.244. The smallest absolute Gasteiger partial charge is 0.0183 e. The lowest BCUT2D eigenvalue weighted by Gasteiger charge is -2.18. The SMILES string of the molecule is CCCCCCCCCCCCCCCCC(CC)NS(=O)[O-]. The van der Waals surface area contributed by atoms with Crippen molar-refractivity contribution in [3.05, 3.63) is 0 Å². The average Bonchev–Trinajstić information content (AvgIpc) is 2.53. The molecule has 0 bridgehead atoms. The number of nitrogens with one attached hydrogen (secondary N) is 1. The van der Waals surface area contributed by atoms with Crippen molar-refractivity contribution >= 4 is 11.3 Å². The number of hydrogen-bond donors (Lipinski definition) is 1. The third-order valence-corrected chi connectivity index (χ3v) is 5.19. The van der Waals surface area contributed by atoms with Crippen LogP contribution in [0.25, 0.3) is 0 Å². The van der Waals surface area contributed by atoms with Gasteiger partial charge in [-0.25, -0.2) is 4.72 Å². The second-order valence-electron chi connectivity index (χ2n) is 6.84. The highest BCUT2D eigenvalue weighted by molar-refractivity contribution is 7.77. The Bertz CT molecular complexity index is 262. The molecule has 0 radical (unpaired) electrons. The van der Waals surface area contributed by atoms with E-state index in [0.29, 0.717) is 0 Å². The Morgan fingerprint density at radius 2 is 1.13 bits per heavy atom. The lowest BCUT2D eigenvalue weighted by atomic mass is 10.0. The van der Waals surface area contributed by atoms with Crippen LogP contribution < -0.4 is 4.72 Å². The maximum atomic E-state index is 10.6. The van der Waals surface area contributed by atoms with Crippen LogP contribution in [0.3, 0.4) is 0 Å². The Balaban J connectivity index is 3.17. The second-order valence-corrected chi connectivity index (χ2v) is 7.55. The zero-order valence-corrected chi connectivity index (χ0v) is 16.4. The van der Waals surface area contributed by atoms with E-state index in [1.54, 1.807) is 0 Å². The van der Waals surface area contributed by atoms with Crippen molar-refractivity contribution in [3.63, 3.8) is 0 Å². The molecule has 4 heteroatoms. The Morgan fingerprint density at radius 1 is 0.739 bits per heavy atom. The molecular formula is C19H40NO2S-. The molecule has 1 N–H and O–H groups in total. The van der Waals surface area contributed by atoms with Gasteiger partial charge in [-0.1, -0.05) is 104 Å². The highest BCUT2D eigenvalue weighted by atomic mass is 32.2. The third kappa shape index (κ3) is 18.3. The Morgan fingerprint density at radius 3 is 1.48 bits per heavy atom. The van der Waals surface area contributed by atoms with Crippen LogP contribution in [0.2, 0.25) is 0 Å². The lowest BCUT2D eigenvalue weighted by molar-refractivity contribution is 0.464. The zero-order chi connectivity index (χ0) is 17.2. The summed E-state index contributed by atoms with van der Waals surface area (Å²) >= 11 is -2.11. The van der Waals surface area contributed by atoms with E-state index in [0.717, 1.165) is 19.3 Å². The largest absolute Gasteiger partial charge is 0.760 e. The van der Waals surface area contributed by atoms with Gasteiger partial charge in [0.2, 0.25) is 0 Å². The standard InChI is InChI=1S/C19H41NO2S/c1-3-5-6-7-8-9-10-11-12-13-14-15-16-17-18-19(4-2)20-23(21)22/h19-20H,3-18H2,1-2H3,(H,21,22)/p-1. The molecule has 0 aromatic carbocycles. The van der Waals surface area contributed by atoms with Crippen molar-refractivity contribution in [2.45, 2.75) is 123 Å². The molecule has 0 aliphatic heterocycles. The van der Waals surface area contributed by atoms with E-state index in [2.05, 4.69) is 11.6 Å². The summed E-state index contributed by atoms with van der Waals surface area (Å²) in [6.07, 6.45) is 20.9. The molecule has 3 nitrogen and oxygen atoms in total. The molecule has 0 amide bonds. The number of rotatable bonds is 18. The molecule has 0 aromatic rings. The number of unbranched alkanes of at least 4 members (excludes halogenated alkanes) is 13. The first kappa shape index (κ1) is 23.1. The van der Waals surface area contributed by atoms with Crippen molar-refractivity contribution in [2.24, 2.45) is 0 Å². The van der Waals surface area contributed by atoms with Gasteiger partial charge in [-0.05, 0) is 12.8 Å². The molecule has 0 fully saturated rings. The molecule has 2 unspecified atom stereocenters. The van der Waals surface area contributed by atoms with Gasteiger partial charge in [0, 0.05) is 17.3 Å². The maximum Gasteiger partial charge on any atom is 0.0183 e. The summed E-state index contributed by atoms with van der Waals surface area (Å²) in [5, 5.41) is 0. The van der Waals surface area contributed by atoms with Gasteiger partial charge < -0.3 is 4.55 Å². The predicted octanol–water partition coefficient (Wildman–Crippen LogP) is 6.02. The van der Waals surface area contributed by atoms with E-state index in [4.69, 9.17) is 0 Å². The van der Waals surface area contributed by atoms with E-state index in [-0.39, 0.29) is 6.04 Å². The van der Waals surface area contributed by atoms with Gasteiger partial charge in [-0.15, -0.1) is 0 Å². The summed E-state index contributed by atoms with van der Waals surface area (Å²) in [6, 6.07) is 0.130. The average molecular weight is 347 g/mol. The van der Waals surface area contributed by atoms with Gasteiger partial charge in [0.25, 0.3) is 0 Å². The fourth-order valence-corrected chi connectivity index (χ4v) is 3.62. The van der Waals surface area contributed by atoms with Gasteiger partial charge in [-0.3, -0.25) is 4.21 Å². The minimum absolute atomic E-state index is 0.130. The number of hydrogen-bond acceptors (Lipinski definition) is 2. The van der Waals surface area contributed by atoms with Crippen LogP contribution in [0, 0.1) is 0 Å². The summed E-state index contributed by atoms with van der Waals surface area (Å²) in [5.41, 5.74) is 0. The molecule has 0 heterocycles. The van der Waals surface area contributed by atoms with Crippen molar-refractivity contribution in [1.82, 2.24) is 4.72 Å². The molecule has 23 heavy (non-hydrogen) atoms. The molecular weight excluding hydrogens is 306 g/mol. The fourth-order valence-electron chi connectivity index (χ4n) is 3.07. The minimum Gasteiger partial charge on any atom is -0.760 e. The highest BCUT2D eigenvalue weighted by Crippen LogP contribution is 2.14. The van der Waals surface area contributed by atoms with Crippen molar-refractivity contribution in [2.75, 3.05) is 0 Å². The molecule has 0 spiro atoms. The van der Waals surface area contributed by atoms with Crippen LogP contribution in [0.1, 0.15) is 117 Å². The van der Waals surface area contributed by atoms with Crippen molar-refractivity contribution in [3.8, 4) is 0 Å². The van der Waals surface area contributed by atoms with E-state index in [9.17, 15) is 8.76 Å². The van der Waals surface area contributed by atoms with Gasteiger partial charge in [0.15, 0.2) is 0 Å². The van der Waals surface area contributed by atoms with E-state index < -0.39 is 11.3 Å². The monoisotopic (exact) mass is 346 g/mol. The third-order valence-electron chi connectivity index (χ3n) is 4.66. The normalized spacial score (nSPS) is 14.0. The van der Waals surface area contributed by atoms with Gasteiger partial charge in [-0.2, -0.15) is 0 Å². The van der Waals surface area contributed by atoms with Crippen LogP contribution in [0.4, 0.5) is 0 Å². The van der Waals surface area contributed by atoms with Crippen LogP contribution >= 0.6 is 0 Å². The fraction of sp³-hybridized carbons (Fsp3) is 1.00.